The molecule has 0 saturated heterocycles. The molecule has 0 bridgehead atoms. The van der Waals surface area contributed by atoms with Gasteiger partial charge in [-0.05, 0) is 31.1 Å². The van der Waals surface area contributed by atoms with Gasteiger partial charge in [-0.2, -0.15) is 0 Å². The number of unbranched alkanes of at least 4 members (excludes halogenated alkanes) is 42. The number of hydrogen-bond acceptors (Lipinski definition) is 6. The van der Waals surface area contributed by atoms with E-state index < -0.39 is 6.10 Å². The molecule has 422 valence electrons. The molecule has 0 aliphatic rings. The fraction of sp³-hybridized carbons (Fsp3) is 0.954. The van der Waals surface area contributed by atoms with E-state index >= 15 is 0 Å². The zero-order valence-electron chi connectivity index (χ0n) is 48.9. The minimum Gasteiger partial charge on any atom is -0.462 e. The lowest BCUT2D eigenvalue weighted by molar-refractivity contribution is -0.167. The average Bonchev–Trinajstić information content (AvgIpc) is 3.37. The molecule has 0 aliphatic heterocycles. The van der Waals surface area contributed by atoms with Crippen LogP contribution in [0, 0.1) is 11.8 Å². The fourth-order valence-electron chi connectivity index (χ4n) is 10.0. The van der Waals surface area contributed by atoms with Crippen LogP contribution >= 0.6 is 0 Å². The molecule has 0 heterocycles. The number of rotatable bonds is 59. The van der Waals surface area contributed by atoms with Gasteiger partial charge in [0.05, 0.1) is 0 Å². The van der Waals surface area contributed by atoms with Gasteiger partial charge in [-0.25, -0.2) is 0 Å². The third-order valence-electron chi connectivity index (χ3n) is 15.7. The van der Waals surface area contributed by atoms with Crippen LogP contribution in [0.1, 0.15) is 369 Å². The summed E-state index contributed by atoms with van der Waals surface area (Å²) in [6.07, 6.45) is 63.9. The predicted molar refractivity (Wildman–Crippen MR) is 307 cm³/mol. The lowest BCUT2D eigenvalue weighted by Gasteiger charge is -2.18. The van der Waals surface area contributed by atoms with E-state index in [1.54, 1.807) is 0 Å². The zero-order chi connectivity index (χ0) is 51.8. The second kappa shape index (κ2) is 57.7. The third-order valence-corrected chi connectivity index (χ3v) is 15.7. The van der Waals surface area contributed by atoms with E-state index in [2.05, 4.69) is 34.6 Å². The second-order valence-electron chi connectivity index (χ2n) is 22.9. The van der Waals surface area contributed by atoms with Crippen LogP contribution in [0.2, 0.25) is 0 Å². The first-order valence-electron chi connectivity index (χ1n) is 32.3. The van der Waals surface area contributed by atoms with Crippen LogP contribution in [-0.4, -0.2) is 37.2 Å². The molecule has 0 N–H and O–H groups in total. The van der Waals surface area contributed by atoms with Gasteiger partial charge >= 0.3 is 17.9 Å². The summed E-state index contributed by atoms with van der Waals surface area (Å²) in [5.74, 6) is 0.984. The molecular weight excluding hydrogens is 877 g/mol. The van der Waals surface area contributed by atoms with Crippen molar-refractivity contribution in [1.29, 1.82) is 0 Å². The van der Waals surface area contributed by atoms with Crippen LogP contribution in [0.3, 0.4) is 0 Å². The number of carbonyl (C=O) groups is 3. The highest BCUT2D eigenvalue weighted by molar-refractivity contribution is 5.71. The first-order valence-corrected chi connectivity index (χ1v) is 32.3. The Kier molecular flexibility index (Phi) is 56.4. The van der Waals surface area contributed by atoms with Crippen molar-refractivity contribution in [3.8, 4) is 0 Å². The van der Waals surface area contributed by atoms with Crippen LogP contribution in [0.15, 0.2) is 0 Å². The van der Waals surface area contributed by atoms with E-state index in [0.717, 1.165) is 69.6 Å². The first-order chi connectivity index (χ1) is 34.8. The lowest BCUT2D eigenvalue weighted by atomic mass is 9.99. The summed E-state index contributed by atoms with van der Waals surface area (Å²) in [6.45, 7) is 11.5. The van der Waals surface area contributed by atoms with Crippen molar-refractivity contribution < 1.29 is 28.6 Å². The first kappa shape index (κ1) is 69.4. The van der Waals surface area contributed by atoms with Crippen molar-refractivity contribution in [1.82, 2.24) is 0 Å². The normalized spacial score (nSPS) is 12.8. The maximum atomic E-state index is 12.9. The van der Waals surface area contributed by atoms with Crippen LogP contribution in [0.5, 0.6) is 0 Å². The molecule has 0 saturated carbocycles. The molecule has 0 fully saturated rings. The van der Waals surface area contributed by atoms with Gasteiger partial charge in [0, 0.05) is 19.3 Å². The molecule has 6 heteroatoms. The Morgan fingerprint density at radius 2 is 0.493 bits per heavy atom. The summed E-state index contributed by atoms with van der Waals surface area (Å²) < 4.78 is 16.9. The minimum atomic E-state index is -0.762. The van der Waals surface area contributed by atoms with Gasteiger partial charge in [0.1, 0.15) is 13.2 Å². The number of carbonyl (C=O) groups excluding carboxylic acids is 3. The van der Waals surface area contributed by atoms with Gasteiger partial charge in [-0.1, -0.05) is 330 Å². The molecule has 71 heavy (non-hydrogen) atoms. The van der Waals surface area contributed by atoms with Gasteiger partial charge in [-0.15, -0.1) is 0 Å². The van der Waals surface area contributed by atoms with E-state index in [1.807, 2.05) is 0 Å². The molecule has 0 aliphatic carbocycles. The minimum absolute atomic E-state index is 0.0620. The monoisotopic (exact) mass is 1000 g/mol. The molecule has 0 amide bonds. The van der Waals surface area contributed by atoms with Crippen molar-refractivity contribution >= 4 is 17.9 Å². The zero-order valence-corrected chi connectivity index (χ0v) is 48.9. The van der Waals surface area contributed by atoms with Crippen LogP contribution in [0.4, 0.5) is 0 Å². The molecule has 0 spiro atoms. The standard InChI is InChI=1S/C65H126O6/c1-6-9-10-11-12-33-40-45-50-55-63(66)69-58-62(71-65(68)57-52-47-42-37-32-28-24-20-16-14-18-22-26-30-35-39-44-49-54-61(5)8-3)59-70-64(67)56-51-46-41-36-31-27-23-19-15-13-17-21-25-29-34-38-43-48-53-60(4)7-2/h60-62H,6-59H2,1-5H3/t60?,61?,62-/m0/s1. The van der Waals surface area contributed by atoms with Gasteiger partial charge in [-0.3, -0.25) is 14.4 Å². The van der Waals surface area contributed by atoms with Crippen molar-refractivity contribution in [2.24, 2.45) is 11.8 Å². The van der Waals surface area contributed by atoms with Gasteiger partial charge in [0.2, 0.25) is 0 Å². The summed E-state index contributed by atoms with van der Waals surface area (Å²) in [7, 11) is 0. The molecule has 0 aromatic heterocycles. The molecule has 0 aromatic carbocycles. The summed E-state index contributed by atoms with van der Waals surface area (Å²) in [5, 5.41) is 0. The molecule has 0 aromatic rings. The van der Waals surface area contributed by atoms with Crippen molar-refractivity contribution in [3.05, 3.63) is 0 Å². The van der Waals surface area contributed by atoms with E-state index in [1.165, 1.54) is 257 Å². The van der Waals surface area contributed by atoms with Crippen LogP contribution in [-0.2, 0) is 28.6 Å². The highest BCUT2D eigenvalue weighted by Gasteiger charge is 2.19. The molecule has 0 radical (unpaired) electrons. The summed E-state index contributed by atoms with van der Waals surface area (Å²) in [5.41, 5.74) is 0. The van der Waals surface area contributed by atoms with Crippen LogP contribution < -0.4 is 0 Å². The average molecular weight is 1000 g/mol. The van der Waals surface area contributed by atoms with Crippen molar-refractivity contribution in [2.45, 2.75) is 375 Å². The predicted octanol–water partition coefficient (Wildman–Crippen LogP) is 21.6. The molecule has 3 atom stereocenters. The quantitative estimate of drug-likeness (QED) is 0.0343. The third kappa shape index (κ3) is 56.0. The Morgan fingerprint density at radius 3 is 0.732 bits per heavy atom. The van der Waals surface area contributed by atoms with E-state index in [-0.39, 0.29) is 31.1 Å². The van der Waals surface area contributed by atoms with E-state index in [0.29, 0.717) is 19.3 Å². The summed E-state index contributed by atoms with van der Waals surface area (Å²) in [6, 6.07) is 0. The summed E-state index contributed by atoms with van der Waals surface area (Å²) >= 11 is 0. The lowest BCUT2D eigenvalue weighted by Crippen LogP contribution is -2.30. The highest BCUT2D eigenvalue weighted by Crippen LogP contribution is 2.20. The Labute approximate surface area is 444 Å². The topological polar surface area (TPSA) is 78.9 Å². The SMILES string of the molecule is CCCCCCCCCCCC(=O)OC[C@@H](COC(=O)CCCCCCCCCCCCCCCCCCCCC(C)CC)OC(=O)CCCCCCCCCCCCCCCCCCCCC(C)CC. The van der Waals surface area contributed by atoms with E-state index in [4.69, 9.17) is 14.2 Å². The Hall–Kier alpha value is -1.59. The van der Waals surface area contributed by atoms with Crippen LogP contribution in [0.25, 0.3) is 0 Å². The van der Waals surface area contributed by atoms with Crippen molar-refractivity contribution in [2.75, 3.05) is 13.2 Å². The Morgan fingerprint density at radius 1 is 0.282 bits per heavy atom. The number of esters is 3. The molecule has 2 unspecified atom stereocenters. The molecular formula is C65H126O6. The van der Waals surface area contributed by atoms with Gasteiger partial charge in [0.15, 0.2) is 6.10 Å². The maximum absolute atomic E-state index is 12.9. The largest absolute Gasteiger partial charge is 0.462 e. The summed E-state index contributed by atoms with van der Waals surface area (Å²) in [4.78, 5) is 38.2. The fourth-order valence-corrected chi connectivity index (χ4v) is 10.0. The van der Waals surface area contributed by atoms with Crippen molar-refractivity contribution in [3.63, 3.8) is 0 Å². The Bertz CT molecular complexity index is 1090. The smallest absolute Gasteiger partial charge is 0.306 e. The van der Waals surface area contributed by atoms with Gasteiger partial charge in [0.25, 0.3) is 0 Å². The Balaban J connectivity index is 4.15. The molecule has 0 rings (SSSR count). The number of hydrogen-bond donors (Lipinski definition) is 0. The maximum Gasteiger partial charge on any atom is 0.306 e. The second-order valence-corrected chi connectivity index (χ2v) is 22.9. The highest BCUT2D eigenvalue weighted by atomic mass is 16.6. The van der Waals surface area contributed by atoms with E-state index in [9.17, 15) is 14.4 Å². The molecule has 6 nitrogen and oxygen atoms in total. The number of ether oxygens (including phenoxy) is 3. The van der Waals surface area contributed by atoms with Gasteiger partial charge < -0.3 is 14.2 Å².